The molecule has 2 heterocycles. The first-order valence-corrected chi connectivity index (χ1v) is 8.58. The van der Waals surface area contributed by atoms with E-state index in [-0.39, 0.29) is 17.7 Å². The molecule has 0 radical (unpaired) electrons. The van der Waals surface area contributed by atoms with Gasteiger partial charge < -0.3 is 15.5 Å². The maximum Gasteiger partial charge on any atom is 0.227 e. The van der Waals surface area contributed by atoms with E-state index in [9.17, 15) is 9.59 Å². The van der Waals surface area contributed by atoms with Gasteiger partial charge in [0.1, 0.15) is 0 Å². The van der Waals surface area contributed by atoms with Gasteiger partial charge in [-0.25, -0.2) is 0 Å². The fourth-order valence-corrected chi connectivity index (χ4v) is 3.49. The molecule has 23 heavy (non-hydrogen) atoms. The van der Waals surface area contributed by atoms with Crippen molar-refractivity contribution < 1.29 is 9.59 Å². The predicted molar refractivity (Wildman–Crippen MR) is 90.3 cm³/mol. The summed E-state index contributed by atoms with van der Waals surface area (Å²) in [6, 6.07) is 8.33. The van der Waals surface area contributed by atoms with E-state index in [4.69, 9.17) is 0 Å². The minimum atomic E-state index is -0.242. The van der Waals surface area contributed by atoms with Crippen molar-refractivity contribution in [1.29, 1.82) is 0 Å². The molecular formula is C18H25N3O2. The van der Waals surface area contributed by atoms with Crippen LogP contribution in [-0.4, -0.2) is 37.5 Å². The lowest BCUT2D eigenvalue weighted by Gasteiger charge is -2.20. The summed E-state index contributed by atoms with van der Waals surface area (Å²) >= 11 is 0. The molecule has 0 saturated carbocycles. The number of hydrogen-bond acceptors (Lipinski definition) is 3. The molecule has 2 fully saturated rings. The van der Waals surface area contributed by atoms with Gasteiger partial charge in [-0.05, 0) is 37.4 Å². The Hall–Kier alpha value is -1.88. The number of nitrogens with zero attached hydrogens (tertiary/aromatic N) is 1. The van der Waals surface area contributed by atoms with Crippen molar-refractivity contribution in [2.75, 3.05) is 24.5 Å². The van der Waals surface area contributed by atoms with E-state index < -0.39 is 0 Å². The molecule has 2 aliphatic heterocycles. The molecule has 2 unspecified atom stereocenters. The highest BCUT2D eigenvalue weighted by molar-refractivity contribution is 6.00. The van der Waals surface area contributed by atoms with Crippen LogP contribution in [0.1, 0.15) is 31.7 Å². The van der Waals surface area contributed by atoms with Crippen LogP contribution in [0.2, 0.25) is 0 Å². The monoisotopic (exact) mass is 315 g/mol. The fraction of sp³-hybridized carbons (Fsp3) is 0.556. The summed E-state index contributed by atoms with van der Waals surface area (Å²) in [5.74, 6) is -0.192. The third kappa shape index (κ3) is 3.55. The molecule has 0 bridgehead atoms. The second-order valence-electron chi connectivity index (χ2n) is 6.43. The highest BCUT2D eigenvalue weighted by Gasteiger charge is 2.35. The van der Waals surface area contributed by atoms with Gasteiger partial charge in [0.05, 0.1) is 5.92 Å². The summed E-state index contributed by atoms with van der Waals surface area (Å²) in [4.78, 5) is 26.5. The Balaban J connectivity index is 1.61. The maximum atomic E-state index is 12.4. The van der Waals surface area contributed by atoms with Gasteiger partial charge in [0, 0.05) is 31.2 Å². The molecule has 3 rings (SSSR count). The van der Waals surface area contributed by atoms with E-state index >= 15 is 0 Å². The van der Waals surface area contributed by atoms with Crippen LogP contribution in [0, 0.1) is 5.92 Å². The third-order valence-corrected chi connectivity index (χ3v) is 4.84. The Bertz CT molecular complexity index is 581. The Morgan fingerprint density at radius 3 is 2.96 bits per heavy atom. The first-order valence-electron chi connectivity index (χ1n) is 8.58. The number of para-hydroxylation sites is 1. The van der Waals surface area contributed by atoms with Gasteiger partial charge in [0.2, 0.25) is 11.8 Å². The Kier molecular flexibility index (Phi) is 4.96. The molecule has 0 aromatic heterocycles. The molecule has 1 aromatic rings. The lowest BCUT2D eigenvalue weighted by atomic mass is 10.1. The minimum Gasteiger partial charge on any atom is -0.354 e. The molecule has 5 nitrogen and oxygen atoms in total. The second-order valence-corrected chi connectivity index (χ2v) is 6.43. The van der Waals surface area contributed by atoms with Gasteiger partial charge in [-0.15, -0.1) is 0 Å². The quantitative estimate of drug-likeness (QED) is 0.865. The third-order valence-electron chi connectivity index (χ3n) is 4.84. The molecule has 124 valence electrons. The molecule has 2 atom stereocenters. The lowest BCUT2D eigenvalue weighted by Crippen LogP contribution is -2.40. The standard InChI is InChI=1S/C18H25N3O2/c1-2-13-6-3-4-8-16(13)21-12-14(10-17(21)22)18(23)20-11-15-7-5-9-19-15/h3-4,6,8,14-15,19H,2,5,7,9-12H2,1H3,(H,20,23). The van der Waals surface area contributed by atoms with E-state index in [2.05, 4.69) is 17.6 Å². The molecule has 0 aliphatic carbocycles. The zero-order valence-electron chi connectivity index (χ0n) is 13.7. The predicted octanol–water partition coefficient (Wildman–Crippen LogP) is 1.47. The maximum absolute atomic E-state index is 12.4. The SMILES string of the molecule is CCc1ccccc1N1CC(C(=O)NCC2CCCN2)CC1=O. The van der Waals surface area contributed by atoms with Crippen molar-refractivity contribution in [3.63, 3.8) is 0 Å². The first-order chi connectivity index (χ1) is 11.2. The summed E-state index contributed by atoms with van der Waals surface area (Å²) in [5.41, 5.74) is 2.10. The van der Waals surface area contributed by atoms with Gasteiger partial charge in [-0.1, -0.05) is 25.1 Å². The molecular weight excluding hydrogens is 290 g/mol. The number of amides is 2. The number of carbonyl (C=O) groups is 2. The number of carbonyl (C=O) groups excluding carboxylic acids is 2. The summed E-state index contributed by atoms with van der Waals surface area (Å²) in [6.07, 6.45) is 3.47. The van der Waals surface area contributed by atoms with Crippen LogP contribution in [0.5, 0.6) is 0 Å². The molecule has 2 amide bonds. The molecule has 1 aromatic carbocycles. The number of benzene rings is 1. The smallest absolute Gasteiger partial charge is 0.227 e. The minimum absolute atomic E-state index is 0.00327. The van der Waals surface area contributed by atoms with E-state index in [1.165, 1.54) is 6.42 Å². The Morgan fingerprint density at radius 1 is 1.39 bits per heavy atom. The zero-order valence-corrected chi connectivity index (χ0v) is 13.7. The normalized spacial score (nSPS) is 24.2. The van der Waals surface area contributed by atoms with Crippen LogP contribution >= 0.6 is 0 Å². The molecule has 0 spiro atoms. The van der Waals surface area contributed by atoms with Gasteiger partial charge >= 0.3 is 0 Å². The van der Waals surface area contributed by atoms with Gasteiger partial charge in [-0.2, -0.15) is 0 Å². The summed E-state index contributed by atoms with van der Waals surface area (Å²) < 4.78 is 0. The van der Waals surface area contributed by atoms with Crippen LogP contribution in [-0.2, 0) is 16.0 Å². The topological polar surface area (TPSA) is 61.4 Å². The Labute approximate surface area is 137 Å². The molecule has 5 heteroatoms. The van der Waals surface area contributed by atoms with E-state index in [1.807, 2.05) is 24.3 Å². The lowest BCUT2D eigenvalue weighted by molar-refractivity contribution is -0.126. The summed E-state index contributed by atoms with van der Waals surface area (Å²) in [6.45, 7) is 4.26. The van der Waals surface area contributed by atoms with Crippen molar-refractivity contribution in [2.24, 2.45) is 5.92 Å². The van der Waals surface area contributed by atoms with Crippen LogP contribution in [0.25, 0.3) is 0 Å². The summed E-state index contributed by atoms with van der Waals surface area (Å²) in [5, 5.41) is 6.38. The largest absolute Gasteiger partial charge is 0.354 e. The van der Waals surface area contributed by atoms with E-state index in [0.717, 1.165) is 30.6 Å². The number of aryl methyl sites for hydroxylation is 1. The molecule has 2 N–H and O–H groups in total. The van der Waals surface area contributed by atoms with Crippen LogP contribution in [0.3, 0.4) is 0 Å². The highest BCUT2D eigenvalue weighted by Crippen LogP contribution is 2.28. The number of anilines is 1. The Morgan fingerprint density at radius 2 is 2.22 bits per heavy atom. The van der Waals surface area contributed by atoms with Crippen LogP contribution in [0.4, 0.5) is 5.69 Å². The molecule has 2 saturated heterocycles. The van der Waals surface area contributed by atoms with Crippen molar-refractivity contribution in [1.82, 2.24) is 10.6 Å². The molecule has 2 aliphatic rings. The van der Waals surface area contributed by atoms with Crippen molar-refractivity contribution in [3.8, 4) is 0 Å². The average Bonchev–Trinajstić information content (AvgIpc) is 3.22. The van der Waals surface area contributed by atoms with Crippen LogP contribution < -0.4 is 15.5 Å². The first kappa shape index (κ1) is 16.0. The van der Waals surface area contributed by atoms with Gasteiger partial charge in [-0.3, -0.25) is 9.59 Å². The number of nitrogens with one attached hydrogen (secondary N) is 2. The average molecular weight is 315 g/mol. The van der Waals surface area contributed by atoms with Crippen molar-refractivity contribution in [3.05, 3.63) is 29.8 Å². The van der Waals surface area contributed by atoms with Crippen molar-refractivity contribution in [2.45, 2.75) is 38.6 Å². The van der Waals surface area contributed by atoms with E-state index in [0.29, 0.717) is 25.6 Å². The highest BCUT2D eigenvalue weighted by atomic mass is 16.2. The number of hydrogen-bond donors (Lipinski definition) is 2. The fourth-order valence-electron chi connectivity index (χ4n) is 3.49. The van der Waals surface area contributed by atoms with E-state index in [1.54, 1.807) is 4.90 Å². The van der Waals surface area contributed by atoms with Gasteiger partial charge in [0.15, 0.2) is 0 Å². The van der Waals surface area contributed by atoms with Crippen molar-refractivity contribution >= 4 is 17.5 Å². The second kappa shape index (κ2) is 7.13. The number of rotatable bonds is 5. The van der Waals surface area contributed by atoms with Crippen LogP contribution in [0.15, 0.2) is 24.3 Å². The summed E-state index contributed by atoms with van der Waals surface area (Å²) in [7, 11) is 0. The van der Waals surface area contributed by atoms with Gasteiger partial charge in [0.25, 0.3) is 0 Å². The zero-order chi connectivity index (χ0) is 16.2.